The molecule has 0 saturated carbocycles. The maximum atomic E-state index is 7.32. The third-order valence-electron chi connectivity index (χ3n) is 0.401. The molecule has 0 aromatic rings. The van der Waals surface area contributed by atoms with Gasteiger partial charge in [-0.2, -0.15) is 5.26 Å². The van der Waals surface area contributed by atoms with Crippen LogP contribution in [0.3, 0.4) is 0 Å². The van der Waals surface area contributed by atoms with Crippen LogP contribution in [0.15, 0.2) is 0 Å². The third kappa shape index (κ3) is 30.0. The van der Waals surface area contributed by atoms with Gasteiger partial charge in [-0.3, -0.25) is 0 Å². The van der Waals surface area contributed by atoms with E-state index in [0.29, 0.717) is 6.42 Å². The Kier molecular flexibility index (Phi) is 8.69. The second-order valence-electron chi connectivity index (χ2n) is 1.19. The molecule has 0 rings (SSSR count). The van der Waals surface area contributed by atoms with Crippen LogP contribution in [0, 0.1) is 11.3 Å². The summed E-state index contributed by atoms with van der Waals surface area (Å²) in [7, 11) is 0. The molecule has 0 fully saturated rings. The van der Waals surface area contributed by atoms with E-state index in [1.54, 1.807) is 6.07 Å². The van der Waals surface area contributed by atoms with E-state index in [0.717, 1.165) is 0 Å². The molecule has 0 spiro atoms. The SMILES string of the molecule is CC#N.CCC(Cl)(Cl)Cl. The molecule has 0 aliphatic rings. The van der Waals surface area contributed by atoms with Crippen LogP contribution >= 0.6 is 34.8 Å². The summed E-state index contributed by atoms with van der Waals surface area (Å²) >= 11 is 15.7. The van der Waals surface area contributed by atoms with Gasteiger partial charge in [0.25, 0.3) is 0 Å². The van der Waals surface area contributed by atoms with Crippen LogP contribution < -0.4 is 0 Å². The molecule has 0 aliphatic heterocycles. The van der Waals surface area contributed by atoms with Crippen molar-refractivity contribution in [3.8, 4) is 6.07 Å². The number of nitrogens with zero attached hydrogens (tertiary/aromatic N) is 1. The van der Waals surface area contributed by atoms with Gasteiger partial charge in [0.1, 0.15) is 0 Å². The summed E-state index contributed by atoms with van der Waals surface area (Å²) in [5.74, 6) is 0. The number of alkyl halides is 3. The number of hydrogen-bond donors (Lipinski definition) is 0. The molecular weight excluding hydrogens is 180 g/mol. The van der Waals surface area contributed by atoms with Crippen LogP contribution in [0.5, 0.6) is 0 Å². The summed E-state index contributed by atoms with van der Waals surface area (Å²) in [6.45, 7) is 3.24. The third-order valence-corrected chi connectivity index (χ3v) is 1.20. The fraction of sp³-hybridized carbons (Fsp3) is 0.800. The van der Waals surface area contributed by atoms with Gasteiger partial charge >= 0.3 is 0 Å². The Balaban J connectivity index is 0. The van der Waals surface area contributed by atoms with Gasteiger partial charge in [-0.1, -0.05) is 41.7 Å². The standard InChI is InChI=1S/C3H5Cl3.C2H3N/c1-2-3(4,5)6;1-2-3/h2H2,1H3;1H3. The lowest BCUT2D eigenvalue weighted by molar-refractivity contribution is 0.974. The Morgan fingerprint density at radius 3 is 1.56 bits per heavy atom. The predicted octanol–water partition coefficient (Wildman–Crippen LogP) is 3.30. The molecule has 0 aromatic heterocycles. The first kappa shape index (κ1) is 12.1. The lowest BCUT2D eigenvalue weighted by Crippen LogP contribution is -1.95. The van der Waals surface area contributed by atoms with Crippen molar-refractivity contribution in [3.05, 3.63) is 0 Å². The molecule has 0 heterocycles. The van der Waals surface area contributed by atoms with Crippen molar-refractivity contribution < 1.29 is 0 Å². The van der Waals surface area contributed by atoms with E-state index in [1.165, 1.54) is 6.92 Å². The monoisotopic (exact) mass is 187 g/mol. The Hall–Kier alpha value is 0.360. The number of halogens is 3. The summed E-state index contributed by atoms with van der Waals surface area (Å²) in [6.07, 6.45) is 0.567. The minimum Gasteiger partial charge on any atom is -0.199 e. The van der Waals surface area contributed by atoms with Crippen LogP contribution in [0.1, 0.15) is 20.3 Å². The van der Waals surface area contributed by atoms with Gasteiger partial charge < -0.3 is 0 Å². The summed E-state index contributed by atoms with van der Waals surface area (Å²) < 4.78 is -1.04. The summed E-state index contributed by atoms with van der Waals surface area (Å²) in [4.78, 5) is 0. The first-order valence-corrected chi connectivity index (χ1v) is 3.49. The maximum Gasteiger partial charge on any atom is 0.190 e. The molecule has 0 aromatic carbocycles. The van der Waals surface area contributed by atoms with Gasteiger partial charge in [-0.05, 0) is 6.42 Å². The Morgan fingerprint density at radius 1 is 1.44 bits per heavy atom. The maximum absolute atomic E-state index is 7.32. The van der Waals surface area contributed by atoms with E-state index in [4.69, 9.17) is 40.1 Å². The summed E-state index contributed by atoms with van der Waals surface area (Å²) in [6, 6.07) is 1.75. The predicted molar refractivity (Wildman–Crippen MR) is 41.9 cm³/mol. The fourth-order valence-corrected chi connectivity index (χ4v) is 0. The molecule has 1 nitrogen and oxygen atoms in total. The smallest absolute Gasteiger partial charge is 0.190 e. The van der Waals surface area contributed by atoms with Crippen LogP contribution in [0.4, 0.5) is 0 Å². The molecule has 0 aliphatic carbocycles. The number of nitriles is 1. The molecule has 9 heavy (non-hydrogen) atoms. The molecule has 4 heteroatoms. The van der Waals surface area contributed by atoms with Gasteiger partial charge in [0.05, 0.1) is 6.07 Å². The molecule has 0 N–H and O–H groups in total. The Labute approximate surface area is 70.5 Å². The van der Waals surface area contributed by atoms with Gasteiger partial charge in [-0.15, -0.1) is 0 Å². The van der Waals surface area contributed by atoms with Crippen molar-refractivity contribution >= 4 is 34.8 Å². The van der Waals surface area contributed by atoms with E-state index < -0.39 is 3.79 Å². The second kappa shape index (κ2) is 6.48. The minimum absolute atomic E-state index is 0.567. The first-order chi connectivity index (χ1) is 3.97. The van der Waals surface area contributed by atoms with Gasteiger partial charge in [-0.25, -0.2) is 0 Å². The van der Waals surface area contributed by atoms with E-state index in [-0.39, 0.29) is 0 Å². The zero-order valence-electron chi connectivity index (χ0n) is 5.29. The summed E-state index contributed by atoms with van der Waals surface area (Å²) in [5, 5.41) is 7.32. The lowest BCUT2D eigenvalue weighted by atomic mass is 10.6. The van der Waals surface area contributed by atoms with Gasteiger partial charge in [0, 0.05) is 6.92 Å². The highest BCUT2D eigenvalue weighted by Crippen LogP contribution is 2.28. The van der Waals surface area contributed by atoms with Crippen molar-refractivity contribution in [2.45, 2.75) is 24.1 Å². The largest absolute Gasteiger partial charge is 0.199 e. The molecule has 0 bridgehead atoms. The normalized spacial score (nSPS) is 8.89. The Bertz CT molecular complexity index is 89.4. The Morgan fingerprint density at radius 2 is 1.56 bits per heavy atom. The molecule has 0 radical (unpaired) electrons. The molecule has 0 atom stereocenters. The quantitative estimate of drug-likeness (QED) is 0.535. The van der Waals surface area contributed by atoms with Crippen molar-refractivity contribution in [1.82, 2.24) is 0 Å². The highest BCUT2D eigenvalue weighted by atomic mass is 35.6. The molecule has 0 unspecified atom stereocenters. The van der Waals surface area contributed by atoms with Crippen LogP contribution in [-0.4, -0.2) is 3.79 Å². The van der Waals surface area contributed by atoms with E-state index in [2.05, 4.69) is 0 Å². The van der Waals surface area contributed by atoms with E-state index in [1.807, 2.05) is 6.92 Å². The second-order valence-corrected chi connectivity index (χ2v) is 3.71. The van der Waals surface area contributed by atoms with Crippen LogP contribution in [0.25, 0.3) is 0 Å². The number of rotatable bonds is 0. The first-order valence-electron chi connectivity index (χ1n) is 2.35. The van der Waals surface area contributed by atoms with Crippen LogP contribution in [0.2, 0.25) is 0 Å². The van der Waals surface area contributed by atoms with E-state index >= 15 is 0 Å². The highest BCUT2D eigenvalue weighted by Gasteiger charge is 2.14. The zero-order chi connectivity index (χ0) is 7.91. The van der Waals surface area contributed by atoms with Crippen molar-refractivity contribution in [3.63, 3.8) is 0 Å². The van der Waals surface area contributed by atoms with Crippen molar-refractivity contribution in [2.24, 2.45) is 0 Å². The minimum atomic E-state index is -1.04. The molecule has 54 valence electrons. The average molecular weight is 188 g/mol. The van der Waals surface area contributed by atoms with Crippen molar-refractivity contribution in [1.29, 1.82) is 5.26 Å². The molecular formula is C5H8Cl3N. The summed E-state index contributed by atoms with van der Waals surface area (Å²) in [5.41, 5.74) is 0. The number of hydrogen-bond acceptors (Lipinski definition) is 1. The van der Waals surface area contributed by atoms with E-state index in [9.17, 15) is 0 Å². The highest BCUT2D eigenvalue weighted by molar-refractivity contribution is 6.67. The lowest BCUT2D eigenvalue weighted by Gasteiger charge is -2.02. The van der Waals surface area contributed by atoms with Gasteiger partial charge in [0.2, 0.25) is 0 Å². The van der Waals surface area contributed by atoms with Crippen molar-refractivity contribution in [2.75, 3.05) is 0 Å². The average Bonchev–Trinajstić information content (AvgIpc) is 1.67. The zero-order valence-corrected chi connectivity index (χ0v) is 7.56. The molecule has 0 amide bonds. The topological polar surface area (TPSA) is 23.8 Å². The fourth-order valence-electron chi connectivity index (χ4n) is 0. The van der Waals surface area contributed by atoms with Crippen LogP contribution in [-0.2, 0) is 0 Å². The van der Waals surface area contributed by atoms with Gasteiger partial charge in [0.15, 0.2) is 3.79 Å². The molecule has 0 saturated heterocycles.